The molecule has 0 saturated carbocycles. The average Bonchev–Trinajstić information content (AvgIpc) is 2.75. The van der Waals surface area contributed by atoms with Gasteiger partial charge in [-0.3, -0.25) is 4.21 Å². The minimum Gasteiger partial charge on any atom is -0.495 e. The lowest BCUT2D eigenvalue weighted by Crippen LogP contribution is -2.04. The van der Waals surface area contributed by atoms with Gasteiger partial charge in [0.2, 0.25) is 0 Å². The number of rotatable bonds is 4. The number of hydrogen-bond donors (Lipinski definition) is 0. The van der Waals surface area contributed by atoms with Crippen LogP contribution in [0.2, 0.25) is 0 Å². The number of ether oxygens (including phenoxy) is 1. The van der Waals surface area contributed by atoms with Crippen LogP contribution in [-0.2, 0) is 23.6 Å². The molecule has 0 amide bonds. The fourth-order valence-corrected chi connectivity index (χ4v) is 3.37. The first-order chi connectivity index (χ1) is 8.61. The van der Waals surface area contributed by atoms with Crippen molar-refractivity contribution >= 4 is 26.7 Å². The van der Waals surface area contributed by atoms with Gasteiger partial charge < -0.3 is 9.30 Å². The summed E-state index contributed by atoms with van der Waals surface area (Å²) in [5, 5.41) is 0. The summed E-state index contributed by atoms with van der Waals surface area (Å²) >= 11 is 3.38. The van der Waals surface area contributed by atoms with Gasteiger partial charge in [0.1, 0.15) is 11.6 Å². The first-order valence-electron chi connectivity index (χ1n) is 5.30. The molecule has 96 valence electrons. The van der Waals surface area contributed by atoms with Crippen LogP contribution < -0.4 is 4.74 Å². The van der Waals surface area contributed by atoms with Gasteiger partial charge >= 0.3 is 0 Å². The summed E-state index contributed by atoms with van der Waals surface area (Å²) in [5.74, 6) is 1.79. The molecule has 0 bridgehead atoms. The molecule has 0 N–H and O–H groups in total. The number of nitrogens with zero attached hydrogens (tertiary/aromatic N) is 2. The molecule has 2 rings (SSSR count). The quantitative estimate of drug-likeness (QED) is 0.866. The van der Waals surface area contributed by atoms with E-state index in [0.717, 1.165) is 10.3 Å². The summed E-state index contributed by atoms with van der Waals surface area (Å²) in [6.07, 6.45) is 3.54. The van der Waals surface area contributed by atoms with Crippen molar-refractivity contribution in [3.05, 3.63) is 40.9 Å². The summed E-state index contributed by atoms with van der Waals surface area (Å²) in [6, 6.07) is 5.48. The third kappa shape index (κ3) is 2.81. The number of imidazole rings is 1. The second-order valence-electron chi connectivity index (χ2n) is 3.74. The van der Waals surface area contributed by atoms with Gasteiger partial charge in [-0.1, -0.05) is 15.9 Å². The van der Waals surface area contributed by atoms with Crippen LogP contribution in [0.25, 0.3) is 0 Å². The molecule has 1 aromatic carbocycles. The maximum absolute atomic E-state index is 12.4. The van der Waals surface area contributed by atoms with Gasteiger partial charge in [0.05, 0.1) is 28.6 Å². The highest BCUT2D eigenvalue weighted by Crippen LogP contribution is 2.27. The van der Waals surface area contributed by atoms with Crippen molar-refractivity contribution in [2.75, 3.05) is 7.11 Å². The molecule has 18 heavy (non-hydrogen) atoms. The van der Waals surface area contributed by atoms with Crippen molar-refractivity contribution in [2.24, 2.45) is 7.05 Å². The Morgan fingerprint density at radius 3 is 2.89 bits per heavy atom. The number of halogens is 1. The topological polar surface area (TPSA) is 44.1 Å². The lowest BCUT2D eigenvalue weighted by atomic mass is 10.3. The van der Waals surface area contributed by atoms with E-state index in [-0.39, 0.29) is 0 Å². The molecule has 0 aliphatic heterocycles. The van der Waals surface area contributed by atoms with E-state index in [0.29, 0.717) is 16.4 Å². The number of methoxy groups -OCH3 is 1. The zero-order valence-electron chi connectivity index (χ0n) is 10.1. The number of aromatic nitrogens is 2. The van der Waals surface area contributed by atoms with Gasteiger partial charge in [-0.15, -0.1) is 0 Å². The number of aryl methyl sites for hydroxylation is 1. The number of hydrogen-bond acceptors (Lipinski definition) is 3. The molecule has 0 aliphatic rings. The Labute approximate surface area is 117 Å². The molecule has 0 aliphatic carbocycles. The molecular weight excluding hydrogens is 316 g/mol. The maximum Gasteiger partial charge on any atom is 0.135 e. The lowest BCUT2D eigenvalue weighted by Gasteiger charge is -2.08. The van der Waals surface area contributed by atoms with E-state index in [9.17, 15) is 4.21 Å². The van der Waals surface area contributed by atoms with Crippen molar-refractivity contribution in [3.63, 3.8) is 0 Å². The van der Waals surface area contributed by atoms with Crippen molar-refractivity contribution in [2.45, 2.75) is 10.6 Å². The molecular formula is C12H13BrN2O2S. The summed E-state index contributed by atoms with van der Waals surface area (Å²) in [7, 11) is 2.28. The molecule has 6 heteroatoms. The third-order valence-corrected chi connectivity index (χ3v) is 4.38. The molecule has 0 fully saturated rings. The standard InChI is InChI=1S/C12H13BrN2O2S/c1-15-6-5-14-12(15)8-18(16)11-7-9(13)3-4-10(11)17-2/h3-7H,8H2,1-2H3. The Bertz CT molecular complexity index is 583. The van der Waals surface area contributed by atoms with E-state index in [1.54, 1.807) is 19.4 Å². The van der Waals surface area contributed by atoms with E-state index < -0.39 is 10.8 Å². The Hall–Kier alpha value is -1.14. The van der Waals surface area contributed by atoms with Gasteiger partial charge in [-0.05, 0) is 18.2 Å². The van der Waals surface area contributed by atoms with E-state index in [1.807, 2.05) is 29.9 Å². The highest BCUT2D eigenvalue weighted by Gasteiger charge is 2.13. The predicted molar refractivity (Wildman–Crippen MR) is 74.0 cm³/mol. The molecule has 0 radical (unpaired) electrons. The number of benzene rings is 1. The molecule has 2 aromatic rings. The fourth-order valence-electron chi connectivity index (χ4n) is 1.56. The summed E-state index contributed by atoms with van der Waals surface area (Å²) in [4.78, 5) is 4.85. The van der Waals surface area contributed by atoms with Crippen LogP contribution in [0.15, 0.2) is 40.0 Å². The van der Waals surface area contributed by atoms with Crippen molar-refractivity contribution in [1.29, 1.82) is 0 Å². The van der Waals surface area contributed by atoms with E-state index in [1.165, 1.54) is 0 Å². The second-order valence-corrected chi connectivity index (χ2v) is 6.07. The zero-order valence-corrected chi connectivity index (χ0v) is 12.5. The van der Waals surface area contributed by atoms with E-state index >= 15 is 0 Å². The zero-order chi connectivity index (χ0) is 13.1. The molecule has 1 atom stereocenters. The minimum absolute atomic E-state index is 0.371. The Morgan fingerprint density at radius 2 is 2.28 bits per heavy atom. The summed E-state index contributed by atoms with van der Waals surface area (Å²) in [6.45, 7) is 0. The van der Waals surface area contributed by atoms with Crippen molar-refractivity contribution in [3.8, 4) is 5.75 Å². The van der Waals surface area contributed by atoms with E-state index in [2.05, 4.69) is 20.9 Å². The van der Waals surface area contributed by atoms with Crippen LogP contribution in [-0.4, -0.2) is 20.9 Å². The van der Waals surface area contributed by atoms with Gasteiger partial charge in [0.25, 0.3) is 0 Å². The SMILES string of the molecule is COc1ccc(Br)cc1S(=O)Cc1nccn1C. The van der Waals surface area contributed by atoms with Crippen LogP contribution in [0.4, 0.5) is 0 Å². The predicted octanol–water partition coefficient (Wildman–Crippen LogP) is 2.50. The molecule has 1 aromatic heterocycles. The van der Waals surface area contributed by atoms with Crippen LogP contribution in [0.1, 0.15) is 5.82 Å². The van der Waals surface area contributed by atoms with Gasteiger partial charge in [-0.2, -0.15) is 0 Å². The first-order valence-corrected chi connectivity index (χ1v) is 7.41. The van der Waals surface area contributed by atoms with Gasteiger partial charge in [-0.25, -0.2) is 4.98 Å². The van der Waals surface area contributed by atoms with Crippen LogP contribution in [0.5, 0.6) is 5.75 Å². The lowest BCUT2D eigenvalue weighted by molar-refractivity contribution is 0.404. The normalized spacial score (nSPS) is 12.4. The monoisotopic (exact) mass is 328 g/mol. The van der Waals surface area contributed by atoms with Crippen LogP contribution in [0.3, 0.4) is 0 Å². The van der Waals surface area contributed by atoms with Crippen molar-refractivity contribution in [1.82, 2.24) is 9.55 Å². The van der Waals surface area contributed by atoms with Gasteiger partial charge in [0.15, 0.2) is 0 Å². The van der Waals surface area contributed by atoms with Crippen LogP contribution >= 0.6 is 15.9 Å². The summed E-state index contributed by atoms with van der Waals surface area (Å²) < 4.78 is 20.3. The Morgan fingerprint density at radius 1 is 1.50 bits per heavy atom. The molecule has 1 unspecified atom stereocenters. The highest BCUT2D eigenvalue weighted by atomic mass is 79.9. The first kappa shape index (κ1) is 13.3. The molecule has 4 nitrogen and oxygen atoms in total. The highest BCUT2D eigenvalue weighted by molar-refractivity contribution is 9.10. The molecule has 1 heterocycles. The van der Waals surface area contributed by atoms with Crippen LogP contribution in [0, 0.1) is 0 Å². The van der Waals surface area contributed by atoms with Gasteiger partial charge in [0, 0.05) is 23.9 Å². The second kappa shape index (κ2) is 5.67. The Balaban J connectivity index is 2.29. The average molecular weight is 329 g/mol. The van der Waals surface area contributed by atoms with E-state index in [4.69, 9.17) is 4.74 Å². The van der Waals surface area contributed by atoms with Crippen molar-refractivity contribution < 1.29 is 8.95 Å². The fraction of sp³-hybridized carbons (Fsp3) is 0.250. The molecule has 0 saturated heterocycles. The largest absolute Gasteiger partial charge is 0.495 e. The smallest absolute Gasteiger partial charge is 0.135 e. The third-order valence-electron chi connectivity index (χ3n) is 2.55. The maximum atomic E-state index is 12.4. The minimum atomic E-state index is -1.18. The molecule has 0 spiro atoms. The summed E-state index contributed by atoms with van der Waals surface area (Å²) in [5.41, 5.74) is 0. The Kier molecular flexibility index (Phi) is 4.19.